The maximum atomic E-state index is 6.62. The zero-order chi connectivity index (χ0) is 35.8. The van der Waals surface area contributed by atoms with E-state index in [2.05, 4.69) is 161 Å². The van der Waals surface area contributed by atoms with Gasteiger partial charge in [-0.3, -0.25) is 4.57 Å². The lowest BCUT2D eigenvalue weighted by molar-refractivity contribution is 0.666. The van der Waals surface area contributed by atoms with E-state index in [-0.39, 0.29) is 0 Å². The number of aromatic nitrogens is 4. The smallest absolute Gasteiger partial charge is 0.236 e. The van der Waals surface area contributed by atoms with Gasteiger partial charge in [-0.2, -0.15) is 0 Å². The molecule has 13 aromatic rings. The van der Waals surface area contributed by atoms with Crippen LogP contribution in [0, 0.1) is 0 Å². The molecule has 5 heterocycles. The number of furan rings is 1. The molecule has 8 aromatic carbocycles. The largest absolute Gasteiger partial charge is 0.452 e. The van der Waals surface area contributed by atoms with E-state index in [0.717, 1.165) is 49.5 Å². The second-order valence-corrected chi connectivity index (χ2v) is 14.6. The molecule has 0 aliphatic heterocycles. The van der Waals surface area contributed by atoms with Crippen LogP contribution in [0.25, 0.3) is 121 Å². The highest BCUT2D eigenvalue weighted by Gasteiger charge is 2.27. The molecular formula is C50H28N4O. The first-order chi connectivity index (χ1) is 27.3. The van der Waals surface area contributed by atoms with Crippen LogP contribution in [0.3, 0.4) is 0 Å². The van der Waals surface area contributed by atoms with Gasteiger partial charge < -0.3 is 8.82 Å². The first-order valence-electron chi connectivity index (χ1n) is 18.7. The second-order valence-electron chi connectivity index (χ2n) is 14.6. The molecule has 0 radical (unpaired) electrons. The Labute approximate surface area is 313 Å². The molecular weight excluding hydrogens is 673 g/mol. The zero-order valence-corrected chi connectivity index (χ0v) is 29.4. The Morgan fingerprint density at radius 2 is 1.11 bits per heavy atom. The maximum Gasteiger partial charge on any atom is 0.236 e. The first-order valence-corrected chi connectivity index (χ1v) is 18.7. The van der Waals surface area contributed by atoms with Crippen molar-refractivity contribution in [2.24, 2.45) is 0 Å². The van der Waals surface area contributed by atoms with Gasteiger partial charge in [0.25, 0.3) is 0 Å². The molecule has 0 aliphatic rings. The Morgan fingerprint density at radius 1 is 0.418 bits per heavy atom. The van der Waals surface area contributed by atoms with E-state index >= 15 is 0 Å². The van der Waals surface area contributed by atoms with Crippen LogP contribution < -0.4 is 0 Å². The molecule has 0 atom stereocenters. The molecule has 254 valence electrons. The summed E-state index contributed by atoms with van der Waals surface area (Å²) in [4.78, 5) is 11.0. The van der Waals surface area contributed by atoms with Crippen LogP contribution in [-0.4, -0.2) is 18.9 Å². The minimum atomic E-state index is 0.609. The summed E-state index contributed by atoms with van der Waals surface area (Å²) in [6, 6.07) is 60.6. The number of hydrogen-bond acceptors (Lipinski definition) is 3. The SMILES string of the molecule is c1ccc(-c2ccc3c(c2)c2cc4c5ccccc5n5c6ccccc6c(c2n3-c2nc(-c3ccc6ccccc6c3)c3oc6ccccc6c3n2)c45)cc1. The molecule has 0 N–H and O–H groups in total. The van der Waals surface area contributed by atoms with Crippen molar-refractivity contribution in [3.8, 4) is 28.3 Å². The zero-order valence-electron chi connectivity index (χ0n) is 29.4. The number of benzene rings is 8. The summed E-state index contributed by atoms with van der Waals surface area (Å²) in [5, 5.41) is 10.5. The van der Waals surface area contributed by atoms with Crippen molar-refractivity contribution < 1.29 is 4.42 Å². The lowest BCUT2D eigenvalue weighted by atomic mass is 10.0. The van der Waals surface area contributed by atoms with Crippen molar-refractivity contribution in [1.82, 2.24) is 18.9 Å². The van der Waals surface area contributed by atoms with Crippen LogP contribution in [-0.2, 0) is 0 Å². The minimum Gasteiger partial charge on any atom is -0.452 e. The monoisotopic (exact) mass is 700 g/mol. The lowest BCUT2D eigenvalue weighted by Gasteiger charge is -2.11. The molecule has 0 amide bonds. The van der Waals surface area contributed by atoms with E-state index < -0.39 is 0 Å². The molecule has 5 heteroatoms. The van der Waals surface area contributed by atoms with Gasteiger partial charge in [0, 0.05) is 43.3 Å². The maximum absolute atomic E-state index is 6.62. The van der Waals surface area contributed by atoms with Gasteiger partial charge in [-0.15, -0.1) is 0 Å². The van der Waals surface area contributed by atoms with Gasteiger partial charge in [-0.05, 0) is 70.4 Å². The van der Waals surface area contributed by atoms with Gasteiger partial charge >= 0.3 is 0 Å². The standard InChI is InChI=1S/C50H28N4O/c1-2-12-29(13-3-1)32-24-25-42-37(27-32)39-28-38-34-16-6-9-19-40(34)53-41-20-10-7-17-35(41)44(47(38)53)48(39)54(42)50-51-45(33-23-22-30-14-4-5-15-31(30)26-33)49-46(52-50)36-18-8-11-21-43(36)55-49/h1-28H. The molecule has 0 saturated heterocycles. The summed E-state index contributed by atoms with van der Waals surface area (Å²) in [5.41, 5.74) is 12.1. The van der Waals surface area contributed by atoms with Crippen LogP contribution in [0.2, 0.25) is 0 Å². The Balaban J connectivity index is 1.24. The molecule has 5 nitrogen and oxygen atoms in total. The van der Waals surface area contributed by atoms with Gasteiger partial charge in [0.1, 0.15) is 16.8 Å². The number of rotatable bonds is 3. The Morgan fingerprint density at radius 3 is 1.98 bits per heavy atom. The van der Waals surface area contributed by atoms with Crippen molar-refractivity contribution in [1.29, 1.82) is 0 Å². The number of para-hydroxylation sites is 3. The topological polar surface area (TPSA) is 48.3 Å². The summed E-state index contributed by atoms with van der Waals surface area (Å²) in [7, 11) is 0. The summed E-state index contributed by atoms with van der Waals surface area (Å²) < 4.78 is 11.4. The molecule has 0 bridgehead atoms. The van der Waals surface area contributed by atoms with Crippen molar-refractivity contribution in [3.05, 3.63) is 170 Å². The normalized spacial score (nSPS) is 12.4. The molecule has 0 saturated carbocycles. The van der Waals surface area contributed by atoms with E-state index in [1.807, 2.05) is 18.2 Å². The molecule has 13 rings (SSSR count). The van der Waals surface area contributed by atoms with Crippen molar-refractivity contribution in [2.45, 2.75) is 0 Å². The quantitative estimate of drug-likeness (QED) is 0.184. The highest BCUT2D eigenvalue weighted by molar-refractivity contribution is 6.34. The third-order valence-corrected chi connectivity index (χ3v) is 11.6. The Kier molecular flexibility index (Phi) is 5.57. The van der Waals surface area contributed by atoms with Gasteiger partial charge in [-0.25, -0.2) is 9.97 Å². The molecule has 0 fully saturated rings. The molecule has 0 unspecified atom stereocenters. The highest BCUT2D eigenvalue weighted by atomic mass is 16.3. The van der Waals surface area contributed by atoms with E-state index in [1.54, 1.807) is 0 Å². The van der Waals surface area contributed by atoms with Crippen LogP contribution in [0.4, 0.5) is 0 Å². The predicted octanol–water partition coefficient (Wildman–Crippen LogP) is 13.1. The van der Waals surface area contributed by atoms with Gasteiger partial charge in [-0.1, -0.05) is 121 Å². The predicted molar refractivity (Wildman–Crippen MR) is 227 cm³/mol. The first kappa shape index (κ1) is 29.0. The summed E-state index contributed by atoms with van der Waals surface area (Å²) in [5.74, 6) is 0.609. The Bertz CT molecular complexity index is 3720. The van der Waals surface area contributed by atoms with Crippen LogP contribution in [0.15, 0.2) is 174 Å². The van der Waals surface area contributed by atoms with Crippen molar-refractivity contribution in [3.63, 3.8) is 0 Å². The van der Waals surface area contributed by atoms with Crippen LogP contribution in [0.1, 0.15) is 0 Å². The van der Waals surface area contributed by atoms with Gasteiger partial charge in [0.15, 0.2) is 5.58 Å². The number of fused-ring (bicyclic) bond motifs is 14. The summed E-state index contributed by atoms with van der Waals surface area (Å²) >= 11 is 0. The Hall–Kier alpha value is -7.50. The molecule has 5 aromatic heterocycles. The van der Waals surface area contributed by atoms with E-state index in [4.69, 9.17) is 14.4 Å². The highest BCUT2D eigenvalue weighted by Crippen LogP contribution is 2.47. The fourth-order valence-corrected chi connectivity index (χ4v) is 9.24. The van der Waals surface area contributed by atoms with E-state index in [1.165, 1.54) is 60.0 Å². The molecule has 55 heavy (non-hydrogen) atoms. The van der Waals surface area contributed by atoms with Crippen molar-refractivity contribution >= 4 is 92.7 Å². The average Bonchev–Trinajstić information content (AvgIpc) is 3.99. The third-order valence-electron chi connectivity index (χ3n) is 11.6. The molecule has 0 aliphatic carbocycles. The van der Waals surface area contributed by atoms with Crippen molar-refractivity contribution in [2.75, 3.05) is 0 Å². The van der Waals surface area contributed by atoms with E-state index in [9.17, 15) is 0 Å². The number of nitrogens with zero attached hydrogens (tertiary/aromatic N) is 4. The minimum absolute atomic E-state index is 0.609. The van der Waals surface area contributed by atoms with Gasteiger partial charge in [0.05, 0.1) is 27.6 Å². The molecule has 0 spiro atoms. The third kappa shape index (κ3) is 3.86. The lowest BCUT2D eigenvalue weighted by Crippen LogP contribution is -2.03. The second kappa shape index (κ2) is 10.6. The van der Waals surface area contributed by atoms with Crippen LogP contribution in [0.5, 0.6) is 0 Å². The number of hydrogen-bond donors (Lipinski definition) is 0. The van der Waals surface area contributed by atoms with Crippen LogP contribution >= 0.6 is 0 Å². The fraction of sp³-hybridized carbons (Fsp3) is 0. The summed E-state index contributed by atoms with van der Waals surface area (Å²) in [6.07, 6.45) is 0. The summed E-state index contributed by atoms with van der Waals surface area (Å²) in [6.45, 7) is 0. The average molecular weight is 701 g/mol. The van der Waals surface area contributed by atoms with E-state index in [0.29, 0.717) is 11.5 Å². The fourth-order valence-electron chi connectivity index (χ4n) is 9.24. The van der Waals surface area contributed by atoms with Gasteiger partial charge in [0.2, 0.25) is 5.95 Å².